The van der Waals surface area contributed by atoms with E-state index >= 15 is 0 Å². The van der Waals surface area contributed by atoms with E-state index in [9.17, 15) is 0 Å². The van der Waals surface area contributed by atoms with Gasteiger partial charge in [0.15, 0.2) is 0 Å². The Morgan fingerprint density at radius 2 is 2.06 bits per heavy atom. The van der Waals surface area contributed by atoms with Crippen LogP contribution in [0.15, 0.2) is 24.3 Å². The summed E-state index contributed by atoms with van der Waals surface area (Å²) in [6, 6.07) is 8.56. The minimum Gasteiger partial charge on any atom is -0.346 e. The van der Waals surface area contributed by atoms with Crippen molar-refractivity contribution in [3.8, 4) is 0 Å². The SMILES string of the molecule is CN(C)Cc1cc2cccc(CN)c2n1C. The molecule has 16 heavy (non-hydrogen) atoms. The molecule has 0 saturated carbocycles. The van der Waals surface area contributed by atoms with Crippen molar-refractivity contribution >= 4 is 10.9 Å². The van der Waals surface area contributed by atoms with E-state index in [1.807, 2.05) is 0 Å². The highest BCUT2D eigenvalue weighted by molar-refractivity contribution is 5.84. The first kappa shape index (κ1) is 11.2. The molecule has 0 atom stereocenters. The van der Waals surface area contributed by atoms with Gasteiger partial charge in [0.25, 0.3) is 0 Å². The van der Waals surface area contributed by atoms with Gasteiger partial charge in [-0.3, -0.25) is 0 Å². The summed E-state index contributed by atoms with van der Waals surface area (Å²) in [6.45, 7) is 1.55. The highest BCUT2D eigenvalue weighted by atomic mass is 15.1. The lowest BCUT2D eigenvalue weighted by Crippen LogP contribution is -2.13. The van der Waals surface area contributed by atoms with Crippen molar-refractivity contribution in [3.05, 3.63) is 35.5 Å². The van der Waals surface area contributed by atoms with Crippen molar-refractivity contribution in [2.45, 2.75) is 13.1 Å². The van der Waals surface area contributed by atoms with Crippen LogP contribution >= 0.6 is 0 Å². The van der Waals surface area contributed by atoms with Gasteiger partial charge in [-0.2, -0.15) is 0 Å². The third-order valence-electron chi connectivity index (χ3n) is 2.94. The van der Waals surface area contributed by atoms with E-state index in [0.717, 1.165) is 6.54 Å². The first-order chi connectivity index (χ1) is 7.63. The van der Waals surface area contributed by atoms with E-state index in [0.29, 0.717) is 6.54 Å². The minimum atomic E-state index is 0.594. The molecule has 2 N–H and O–H groups in total. The zero-order valence-corrected chi connectivity index (χ0v) is 10.2. The molecular formula is C13H19N3. The van der Waals surface area contributed by atoms with Gasteiger partial charge in [0.2, 0.25) is 0 Å². The monoisotopic (exact) mass is 217 g/mol. The molecule has 1 heterocycles. The predicted molar refractivity (Wildman–Crippen MR) is 68.2 cm³/mol. The molecule has 0 saturated heterocycles. The van der Waals surface area contributed by atoms with E-state index in [1.165, 1.54) is 22.2 Å². The Morgan fingerprint density at radius 3 is 2.69 bits per heavy atom. The third kappa shape index (κ3) is 1.84. The molecule has 0 spiro atoms. The summed E-state index contributed by atoms with van der Waals surface area (Å²) < 4.78 is 2.25. The quantitative estimate of drug-likeness (QED) is 0.849. The lowest BCUT2D eigenvalue weighted by atomic mass is 10.1. The fourth-order valence-corrected chi connectivity index (χ4v) is 2.20. The molecular weight excluding hydrogens is 198 g/mol. The van der Waals surface area contributed by atoms with Crippen molar-refractivity contribution in [3.63, 3.8) is 0 Å². The number of aromatic nitrogens is 1. The van der Waals surface area contributed by atoms with Gasteiger partial charge in [0.05, 0.1) is 5.52 Å². The number of benzene rings is 1. The lowest BCUT2D eigenvalue weighted by Gasteiger charge is -2.11. The van der Waals surface area contributed by atoms with Gasteiger partial charge < -0.3 is 15.2 Å². The topological polar surface area (TPSA) is 34.2 Å². The predicted octanol–water partition coefficient (Wildman–Crippen LogP) is 1.70. The van der Waals surface area contributed by atoms with Crippen LogP contribution in [-0.2, 0) is 20.1 Å². The molecule has 2 rings (SSSR count). The number of fused-ring (bicyclic) bond motifs is 1. The Kier molecular flexibility index (Phi) is 2.99. The van der Waals surface area contributed by atoms with Crippen molar-refractivity contribution in [2.75, 3.05) is 14.1 Å². The highest BCUT2D eigenvalue weighted by Crippen LogP contribution is 2.22. The van der Waals surface area contributed by atoms with Gasteiger partial charge in [-0.05, 0) is 25.7 Å². The Balaban J connectivity index is 2.59. The molecule has 0 aliphatic heterocycles. The molecule has 0 amide bonds. The maximum absolute atomic E-state index is 5.77. The van der Waals surface area contributed by atoms with Gasteiger partial charge in [-0.25, -0.2) is 0 Å². The van der Waals surface area contributed by atoms with Crippen LogP contribution in [0.4, 0.5) is 0 Å². The van der Waals surface area contributed by atoms with Crippen molar-refractivity contribution < 1.29 is 0 Å². The van der Waals surface area contributed by atoms with Crippen LogP contribution in [0.5, 0.6) is 0 Å². The summed E-state index contributed by atoms with van der Waals surface area (Å²) in [5, 5.41) is 1.28. The molecule has 1 aromatic heterocycles. The van der Waals surface area contributed by atoms with E-state index in [1.54, 1.807) is 0 Å². The van der Waals surface area contributed by atoms with Crippen molar-refractivity contribution in [1.29, 1.82) is 0 Å². The van der Waals surface area contributed by atoms with Crippen LogP contribution in [0.1, 0.15) is 11.3 Å². The third-order valence-corrected chi connectivity index (χ3v) is 2.94. The average Bonchev–Trinajstić information content (AvgIpc) is 2.55. The van der Waals surface area contributed by atoms with E-state index < -0.39 is 0 Å². The number of hydrogen-bond donors (Lipinski definition) is 1. The number of nitrogens with two attached hydrogens (primary N) is 1. The number of para-hydroxylation sites is 1. The molecule has 2 aromatic rings. The van der Waals surface area contributed by atoms with Gasteiger partial charge in [-0.15, -0.1) is 0 Å². The normalized spacial score (nSPS) is 11.6. The van der Waals surface area contributed by atoms with Crippen LogP contribution in [0, 0.1) is 0 Å². The first-order valence-electron chi connectivity index (χ1n) is 5.54. The molecule has 3 nitrogen and oxygen atoms in total. The Bertz CT molecular complexity index is 497. The molecule has 0 bridgehead atoms. The minimum absolute atomic E-state index is 0.594. The van der Waals surface area contributed by atoms with Crippen LogP contribution in [0.2, 0.25) is 0 Å². The number of hydrogen-bond acceptors (Lipinski definition) is 2. The first-order valence-corrected chi connectivity index (χ1v) is 5.54. The zero-order valence-electron chi connectivity index (χ0n) is 10.2. The summed E-state index contributed by atoms with van der Waals surface area (Å²) in [7, 11) is 6.28. The standard InChI is InChI=1S/C13H19N3/c1-15(2)9-12-7-10-5-4-6-11(8-14)13(10)16(12)3/h4-7H,8-9,14H2,1-3H3. The summed E-state index contributed by atoms with van der Waals surface area (Å²) in [4.78, 5) is 2.18. The maximum Gasteiger partial charge on any atom is 0.0525 e. The molecule has 0 fully saturated rings. The maximum atomic E-state index is 5.77. The molecule has 1 aromatic carbocycles. The lowest BCUT2D eigenvalue weighted by molar-refractivity contribution is 0.392. The molecule has 86 valence electrons. The summed E-state index contributed by atoms with van der Waals surface area (Å²) in [6.07, 6.45) is 0. The molecule has 3 heteroatoms. The van der Waals surface area contributed by atoms with Crippen LogP contribution in [-0.4, -0.2) is 23.6 Å². The fourth-order valence-electron chi connectivity index (χ4n) is 2.20. The second kappa shape index (κ2) is 4.28. The van der Waals surface area contributed by atoms with Crippen LogP contribution in [0.25, 0.3) is 10.9 Å². The second-order valence-electron chi connectivity index (χ2n) is 4.49. The highest BCUT2D eigenvalue weighted by Gasteiger charge is 2.09. The summed E-state index contributed by atoms with van der Waals surface area (Å²) in [5.74, 6) is 0. The van der Waals surface area contributed by atoms with Gasteiger partial charge >= 0.3 is 0 Å². The van der Waals surface area contributed by atoms with Gasteiger partial charge in [-0.1, -0.05) is 18.2 Å². The molecule has 0 radical (unpaired) electrons. The molecule has 0 aliphatic rings. The number of aryl methyl sites for hydroxylation is 1. The Morgan fingerprint density at radius 1 is 1.31 bits per heavy atom. The largest absolute Gasteiger partial charge is 0.346 e. The fraction of sp³-hybridized carbons (Fsp3) is 0.385. The van der Waals surface area contributed by atoms with Crippen molar-refractivity contribution in [1.82, 2.24) is 9.47 Å². The average molecular weight is 217 g/mol. The van der Waals surface area contributed by atoms with Gasteiger partial charge in [0.1, 0.15) is 0 Å². The number of rotatable bonds is 3. The number of nitrogens with zero attached hydrogens (tertiary/aromatic N) is 2. The van der Waals surface area contributed by atoms with Gasteiger partial charge in [0, 0.05) is 31.2 Å². The van der Waals surface area contributed by atoms with Crippen molar-refractivity contribution in [2.24, 2.45) is 12.8 Å². The smallest absolute Gasteiger partial charge is 0.0525 e. The second-order valence-corrected chi connectivity index (χ2v) is 4.49. The Labute approximate surface area is 96.5 Å². The van der Waals surface area contributed by atoms with E-state index in [-0.39, 0.29) is 0 Å². The van der Waals surface area contributed by atoms with Crippen LogP contribution in [0.3, 0.4) is 0 Å². The van der Waals surface area contributed by atoms with E-state index in [4.69, 9.17) is 5.73 Å². The zero-order chi connectivity index (χ0) is 11.7. The molecule has 0 unspecified atom stereocenters. The summed E-state index contributed by atoms with van der Waals surface area (Å²) >= 11 is 0. The molecule has 0 aliphatic carbocycles. The Hall–Kier alpha value is -1.32. The summed E-state index contributed by atoms with van der Waals surface area (Å²) in [5.41, 5.74) is 9.57. The van der Waals surface area contributed by atoms with Crippen LogP contribution < -0.4 is 5.73 Å². The van der Waals surface area contributed by atoms with E-state index in [2.05, 4.69) is 54.9 Å².